The van der Waals surface area contributed by atoms with Gasteiger partial charge >= 0.3 is 0 Å². The van der Waals surface area contributed by atoms with Gasteiger partial charge in [0.05, 0.1) is 0 Å². The normalized spacial score (nSPS) is 12.1. The van der Waals surface area contributed by atoms with Crippen LogP contribution in [0.4, 0.5) is 0 Å². The third-order valence-corrected chi connectivity index (χ3v) is 1.53. The minimum absolute atomic E-state index is 0.430. The lowest BCUT2D eigenvalue weighted by molar-refractivity contribution is 0.621. The molecule has 0 aromatic heterocycles. The van der Waals surface area contributed by atoms with Crippen molar-refractivity contribution in [2.24, 2.45) is 5.92 Å². The Balaban J connectivity index is 3.22. The maximum atomic E-state index is 5.22. The smallest absolute Gasteiger partial charge is 0.0172 e. The van der Waals surface area contributed by atoms with E-state index in [1.165, 1.54) is 12.0 Å². The molecule has 0 bridgehead atoms. The van der Waals surface area contributed by atoms with Crippen molar-refractivity contribution < 1.29 is 0 Å². The lowest BCUT2D eigenvalue weighted by Gasteiger charge is -2.02. The predicted molar refractivity (Wildman–Crippen MR) is 46.7 cm³/mol. The van der Waals surface area contributed by atoms with Crippen molar-refractivity contribution in [3.8, 4) is 12.3 Å². The molecular weight excluding hydrogens is 120 g/mol. The van der Waals surface area contributed by atoms with Crippen LogP contribution < -0.4 is 0 Å². The maximum Gasteiger partial charge on any atom is 0.0172 e. The number of rotatable bonds is 4. The molecule has 0 aromatic carbocycles. The van der Waals surface area contributed by atoms with E-state index < -0.39 is 0 Å². The fourth-order valence-corrected chi connectivity index (χ4v) is 0.793. The molecule has 0 aliphatic rings. The summed E-state index contributed by atoms with van der Waals surface area (Å²) in [5.74, 6) is 3.14. The number of hydrogen-bond acceptors (Lipinski definition) is 0. The van der Waals surface area contributed by atoms with E-state index in [1.54, 1.807) is 0 Å². The van der Waals surface area contributed by atoms with Crippen LogP contribution in [0.25, 0.3) is 0 Å². The molecule has 0 amide bonds. The fraction of sp³-hybridized carbons (Fsp3) is 0.600. The number of hydrogen-bond donors (Lipinski definition) is 0. The summed E-state index contributed by atoms with van der Waals surface area (Å²) in [7, 11) is 0. The molecule has 0 aliphatic heterocycles. The minimum atomic E-state index is 0.430. The number of terminal acetylenes is 1. The van der Waals surface area contributed by atoms with Crippen LogP contribution in [0.3, 0.4) is 0 Å². The lowest BCUT2D eigenvalue weighted by Crippen LogP contribution is -1.89. The van der Waals surface area contributed by atoms with Gasteiger partial charge in [0.2, 0.25) is 0 Å². The zero-order chi connectivity index (χ0) is 7.98. The molecule has 1 atom stereocenters. The van der Waals surface area contributed by atoms with Gasteiger partial charge in [0.25, 0.3) is 0 Å². The molecule has 10 heavy (non-hydrogen) atoms. The van der Waals surface area contributed by atoms with Crippen molar-refractivity contribution in [3.05, 3.63) is 12.2 Å². The third-order valence-electron chi connectivity index (χ3n) is 1.53. The van der Waals surface area contributed by atoms with Crippen LogP contribution in [-0.4, -0.2) is 0 Å². The van der Waals surface area contributed by atoms with Crippen molar-refractivity contribution in [2.75, 3.05) is 0 Å². The predicted octanol–water partition coefficient (Wildman–Crippen LogP) is 3.00. The van der Waals surface area contributed by atoms with Gasteiger partial charge in [-0.15, -0.1) is 18.9 Å². The Hall–Kier alpha value is -0.700. The molecule has 0 aromatic rings. The summed E-state index contributed by atoms with van der Waals surface area (Å²) >= 11 is 0. The summed E-state index contributed by atoms with van der Waals surface area (Å²) < 4.78 is 0. The van der Waals surface area contributed by atoms with Crippen LogP contribution in [0.2, 0.25) is 0 Å². The minimum Gasteiger partial charge on any atom is -0.120 e. The van der Waals surface area contributed by atoms with Crippen LogP contribution in [-0.2, 0) is 0 Å². The first-order chi connectivity index (χ1) is 4.66. The van der Waals surface area contributed by atoms with Gasteiger partial charge in [0, 0.05) is 5.92 Å². The first-order valence-corrected chi connectivity index (χ1v) is 3.77. The Labute approximate surface area is 64.3 Å². The third kappa shape index (κ3) is 5.44. The van der Waals surface area contributed by atoms with Crippen molar-refractivity contribution in [2.45, 2.75) is 33.1 Å². The van der Waals surface area contributed by atoms with E-state index >= 15 is 0 Å². The summed E-state index contributed by atoms with van der Waals surface area (Å²) in [4.78, 5) is 0. The molecule has 56 valence electrons. The SMILES string of the molecule is C#CC(C)CCCC(=C)C. The highest BCUT2D eigenvalue weighted by molar-refractivity contribution is 4.92. The second-order valence-corrected chi connectivity index (χ2v) is 2.92. The summed E-state index contributed by atoms with van der Waals surface area (Å²) in [6.07, 6.45) is 8.64. The molecule has 0 fully saturated rings. The Morgan fingerprint density at radius 3 is 2.70 bits per heavy atom. The molecule has 0 heteroatoms. The Bertz CT molecular complexity index is 137. The molecule has 0 saturated heterocycles. The topological polar surface area (TPSA) is 0 Å². The van der Waals surface area contributed by atoms with Crippen LogP contribution in [0.1, 0.15) is 33.1 Å². The van der Waals surface area contributed by atoms with E-state index in [-0.39, 0.29) is 0 Å². The molecule has 0 radical (unpaired) electrons. The van der Waals surface area contributed by atoms with Gasteiger partial charge in [0.1, 0.15) is 0 Å². The molecule has 0 saturated carbocycles. The molecule has 0 N–H and O–H groups in total. The zero-order valence-electron chi connectivity index (χ0n) is 6.98. The molecule has 0 spiro atoms. The molecule has 0 nitrogen and oxygen atoms in total. The van der Waals surface area contributed by atoms with Gasteiger partial charge in [-0.3, -0.25) is 0 Å². The molecule has 0 heterocycles. The van der Waals surface area contributed by atoms with E-state index in [0.29, 0.717) is 5.92 Å². The summed E-state index contributed by atoms with van der Waals surface area (Å²) in [5.41, 5.74) is 1.25. The summed E-state index contributed by atoms with van der Waals surface area (Å²) in [5, 5.41) is 0. The molecular formula is C10H16. The average Bonchev–Trinajstić information content (AvgIpc) is 1.87. The lowest BCUT2D eigenvalue weighted by atomic mass is 10.0. The summed E-state index contributed by atoms with van der Waals surface area (Å²) in [6.45, 7) is 7.96. The molecule has 0 rings (SSSR count). The maximum absolute atomic E-state index is 5.22. The van der Waals surface area contributed by atoms with Crippen molar-refractivity contribution >= 4 is 0 Å². The van der Waals surface area contributed by atoms with Crippen LogP contribution in [0.15, 0.2) is 12.2 Å². The van der Waals surface area contributed by atoms with Crippen molar-refractivity contribution in [1.82, 2.24) is 0 Å². The first kappa shape index (κ1) is 9.30. The standard InChI is InChI=1S/C10H16/c1-5-10(4)8-6-7-9(2)3/h1,10H,2,6-8H2,3-4H3. The second kappa shape index (κ2) is 5.11. The Kier molecular flexibility index (Phi) is 4.76. The van der Waals surface area contributed by atoms with Crippen molar-refractivity contribution in [1.29, 1.82) is 0 Å². The monoisotopic (exact) mass is 136 g/mol. The molecule has 1 unspecified atom stereocenters. The van der Waals surface area contributed by atoms with Gasteiger partial charge in [0.15, 0.2) is 0 Å². The van der Waals surface area contributed by atoms with Gasteiger partial charge in [-0.1, -0.05) is 12.5 Å². The Morgan fingerprint density at radius 1 is 1.70 bits per heavy atom. The van der Waals surface area contributed by atoms with Crippen LogP contribution in [0.5, 0.6) is 0 Å². The van der Waals surface area contributed by atoms with E-state index in [2.05, 4.69) is 26.3 Å². The molecule has 0 aliphatic carbocycles. The Morgan fingerprint density at radius 2 is 2.30 bits per heavy atom. The summed E-state index contributed by atoms with van der Waals surface area (Å²) in [6, 6.07) is 0. The van der Waals surface area contributed by atoms with Gasteiger partial charge in [-0.05, 0) is 26.2 Å². The van der Waals surface area contributed by atoms with E-state index in [9.17, 15) is 0 Å². The average molecular weight is 136 g/mol. The van der Waals surface area contributed by atoms with Gasteiger partial charge < -0.3 is 0 Å². The first-order valence-electron chi connectivity index (χ1n) is 3.77. The van der Waals surface area contributed by atoms with E-state index in [4.69, 9.17) is 6.42 Å². The highest BCUT2D eigenvalue weighted by atomic mass is 14.0. The largest absolute Gasteiger partial charge is 0.120 e. The van der Waals surface area contributed by atoms with E-state index in [1.807, 2.05) is 0 Å². The fourth-order valence-electron chi connectivity index (χ4n) is 0.793. The van der Waals surface area contributed by atoms with E-state index in [0.717, 1.165) is 12.8 Å². The van der Waals surface area contributed by atoms with Gasteiger partial charge in [-0.25, -0.2) is 0 Å². The number of allylic oxidation sites excluding steroid dienone is 1. The second-order valence-electron chi connectivity index (χ2n) is 2.92. The van der Waals surface area contributed by atoms with Gasteiger partial charge in [-0.2, -0.15) is 0 Å². The quantitative estimate of drug-likeness (QED) is 0.411. The van der Waals surface area contributed by atoms with Crippen LogP contribution >= 0.6 is 0 Å². The highest BCUT2D eigenvalue weighted by Crippen LogP contribution is 2.09. The highest BCUT2D eigenvalue weighted by Gasteiger charge is 1.95. The van der Waals surface area contributed by atoms with Crippen molar-refractivity contribution in [3.63, 3.8) is 0 Å². The van der Waals surface area contributed by atoms with Crippen LogP contribution in [0, 0.1) is 18.3 Å². The zero-order valence-corrected chi connectivity index (χ0v) is 6.98.